The first-order valence-corrected chi connectivity index (χ1v) is 11.9. The van der Waals surface area contributed by atoms with Gasteiger partial charge in [0, 0.05) is 43.7 Å². The minimum absolute atomic E-state index is 0.0176. The Morgan fingerprint density at radius 1 is 1.20 bits per heavy atom. The van der Waals surface area contributed by atoms with Crippen LogP contribution in [0.5, 0.6) is 0 Å². The van der Waals surface area contributed by atoms with Crippen molar-refractivity contribution in [3.63, 3.8) is 0 Å². The molecule has 158 valence electrons. The molecule has 4 rings (SSSR count). The maximum absolute atomic E-state index is 13.0. The van der Waals surface area contributed by atoms with Gasteiger partial charge >= 0.3 is 0 Å². The van der Waals surface area contributed by atoms with Crippen LogP contribution in [-0.2, 0) is 10.0 Å². The van der Waals surface area contributed by atoms with E-state index in [2.05, 4.69) is 10.2 Å². The van der Waals surface area contributed by atoms with Crippen LogP contribution in [0.15, 0.2) is 50.4 Å². The van der Waals surface area contributed by atoms with Crippen LogP contribution in [-0.4, -0.2) is 60.9 Å². The van der Waals surface area contributed by atoms with E-state index < -0.39 is 10.0 Å². The number of piperidine rings is 1. The van der Waals surface area contributed by atoms with Crippen LogP contribution < -0.4 is 0 Å². The van der Waals surface area contributed by atoms with Crippen molar-refractivity contribution in [2.75, 3.05) is 27.2 Å². The Morgan fingerprint density at radius 2 is 1.97 bits per heavy atom. The SMILES string of the molecule is CN(C)S(=O)(=O)c1ccc(C(=O)N2CCCC(c3nnc(-c4ccsc4)o3)C2)cc1. The topological polar surface area (TPSA) is 96.6 Å². The van der Waals surface area contributed by atoms with Crippen LogP contribution in [0.1, 0.15) is 35.0 Å². The molecule has 0 spiro atoms. The maximum Gasteiger partial charge on any atom is 0.253 e. The Morgan fingerprint density at radius 3 is 2.63 bits per heavy atom. The van der Waals surface area contributed by atoms with E-state index in [-0.39, 0.29) is 16.7 Å². The summed E-state index contributed by atoms with van der Waals surface area (Å²) in [4.78, 5) is 14.9. The Labute approximate surface area is 179 Å². The fourth-order valence-electron chi connectivity index (χ4n) is 3.43. The normalized spacial score (nSPS) is 17.4. The molecule has 1 aromatic carbocycles. The Kier molecular flexibility index (Phi) is 5.72. The molecule has 1 aliphatic rings. The van der Waals surface area contributed by atoms with Crippen molar-refractivity contribution in [3.05, 3.63) is 52.5 Å². The second-order valence-electron chi connectivity index (χ2n) is 7.36. The van der Waals surface area contributed by atoms with Gasteiger partial charge < -0.3 is 9.32 Å². The lowest BCUT2D eigenvalue weighted by Gasteiger charge is -2.31. The third kappa shape index (κ3) is 4.03. The summed E-state index contributed by atoms with van der Waals surface area (Å²) in [7, 11) is -0.572. The van der Waals surface area contributed by atoms with Gasteiger partial charge in [0.05, 0.1) is 10.8 Å². The third-order valence-electron chi connectivity index (χ3n) is 5.15. The zero-order valence-electron chi connectivity index (χ0n) is 16.7. The molecule has 8 nitrogen and oxygen atoms in total. The van der Waals surface area contributed by atoms with Crippen molar-refractivity contribution in [2.24, 2.45) is 0 Å². The van der Waals surface area contributed by atoms with Gasteiger partial charge in [0.2, 0.25) is 21.8 Å². The van der Waals surface area contributed by atoms with Crippen LogP contribution >= 0.6 is 11.3 Å². The van der Waals surface area contributed by atoms with Crippen molar-refractivity contribution >= 4 is 27.3 Å². The number of thiophene rings is 1. The number of aromatic nitrogens is 2. The molecule has 0 N–H and O–H groups in total. The monoisotopic (exact) mass is 446 g/mol. The molecule has 0 aliphatic carbocycles. The molecule has 3 aromatic rings. The first-order valence-electron chi connectivity index (χ1n) is 9.54. The number of carbonyl (C=O) groups excluding carboxylic acids is 1. The highest BCUT2D eigenvalue weighted by molar-refractivity contribution is 7.89. The summed E-state index contributed by atoms with van der Waals surface area (Å²) in [6.07, 6.45) is 1.70. The molecule has 10 heteroatoms. The van der Waals surface area contributed by atoms with Gasteiger partial charge in [-0.15, -0.1) is 10.2 Å². The highest BCUT2D eigenvalue weighted by atomic mass is 32.2. The molecular weight excluding hydrogens is 424 g/mol. The van der Waals surface area contributed by atoms with Gasteiger partial charge in [-0.2, -0.15) is 11.3 Å². The number of benzene rings is 1. The molecule has 1 aliphatic heterocycles. The van der Waals surface area contributed by atoms with Gasteiger partial charge in [0.25, 0.3) is 5.91 Å². The van der Waals surface area contributed by atoms with Gasteiger partial charge in [-0.05, 0) is 48.6 Å². The molecule has 1 amide bonds. The number of amides is 1. The summed E-state index contributed by atoms with van der Waals surface area (Å²) in [5.74, 6) is 0.885. The molecule has 1 unspecified atom stereocenters. The summed E-state index contributed by atoms with van der Waals surface area (Å²) in [5, 5.41) is 12.2. The highest BCUT2D eigenvalue weighted by Crippen LogP contribution is 2.30. The zero-order valence-corrected chi connectivity index (χ0v) is 18.3. The van der Waals surface area contributed by atoms with Crippen molar-refractivity contribution in [1.29, 1.82) is 0 Å². The first-order chi connectivity index (χ1) is 14.4. The molecule has 1 atom stereocenters. The molecule has 30 heavy (non-hydrogen) atoms. The van der Waals surface area contributed by atoms with Crippen molar-refractivity contribution in [1.82, 2.24) is 19.4 Å². The van der Waals surface area contributed by atoms with Crippen molar-refractivity contribution in [3.8, 4) is 11.5 Å². The second kappa shape index (κ2) is 8.29. The van der Waals surface area contributed by atoms with Crippen LogP contribution in [0.3, 0.4) is 0 Å². The predicted molar refractivity (Wildman–Crippen MR) is 113 cm³/mol. The first kappa shape index (κ1) is 20.7. The number of likely N-dealkylation sites (tertiary alicyclic amines) is 1. The standard InChI is InChI=1S/C20H22N4O4S2/c1-23(2)30(26,27)17-7-5-14(6-8-17)20(25)24-10-3-4-15(12-24)18-21-22-19(28-18)16-9-11-29-13-16/h5-9,11,13,15H,3-4,10,12H2,1-2H3. The average molecular weight is 447 g/mol. The third-order valence-corrected chi connectivity index (χ3v) is 7.66. The summed E-state index contributed by atoms with van der Waals surface area (Å²) in [6.45, 7) is 1.13. The van der Waals surface area contributed by atoms with Crippen LogP contribution in [0, 0.1) is 0 Å². The molecule has 3 heterocycles. The lowest BCUT2D eigenvalue weighted by molar-refractivity contribution is 0.0698. The van der Waals surface area contributed by atoms with Crippen molar-refractivity contribution < 1.29 is 17.6 Å². The zero-order chi connectivity index (χ0) is 21.3. The number of nitrogens with zero attached hydrogens (tertiary/aromatic N) is 4. The maximum atomic E-state index is 13.0. The number of hydrogen-bond donors (Lipinski definition) is 0. The molecule has 1 saturated heterocycles. The molecule has 1 fully saturated rings. The molecule has 0 radical (unpaired) electrons. The Hall–Kier alpha value is -2.56. The van der Waals surface area contributed by atoms with Crippen LogP contribution in [0.25, 0.3) is 11.5 Å². The minimum atomic E-state index is -3.52. The average Bonchev–Trinajstić information content (AvgIpc) is 3.45. The fraction of sp³-hybridized carbons (Fsp3) is 0.350. The fourth-order valence-corrected chi connectivity index (χ4v) is 4.96. The van der Waals surface area contributed by atoms with E-state index in [1.54, 1.807) is 28.4 Å². The number of sulfonamides is 1. The quantitative estimate of drug-likeness (QED) is 0.598. The van der Waals surface area contributed by atoms with E-state index in [0.29, 0.717) is 30.4 Å². The van der Waals surface area contributed by atoms with Crippen molar-refractivity contribution in [2.45, 2.75) is 23.7 Å². The van der Waals surface area contributed by atoms with E-state index in [1.165, 1.54) is 26.2 Å². The lowest BCUT2D eigenvalue weighted by Crippen LogP contribution is -2.39. The Balaban J connectivity index is 1.47. The molecular formula is C20H22N4O4S2. The highest BCUT2D eigenvalue weighted by Gasteiger charge is 2.29. The van der Waals surface area contributed by atoms with Gasteiger partial charge in [0.1, 0.15) is 0 Å². The number of carbonyl (C=O) groups is 1. The van der Waals surface area contributed by atoms with E-state index >= 15 is 0 Å². The van der Waals surface area contributed by atoms with Gasteiger partial charge in [-0.3, -0.25) is 4.79 Å². The number of rotatable bonds is 5. The Bertz CT molecular complexity index is 1120. The smallest absolute Gasteiger partial charge is 0.253 e. The lowest BCUT2D eigenvalue weighted by atomic mass is 9.97. The summed E-state index contributed by atoms with van der Waals surface area (Å²) in [6, 6.07) is 7.98. The summed E-state index contributed by atoms with van der Waals surface area (Å²) in [5.41, 5.74) is 1.35. The van der Waals surface area contributed by atoms with E-state index in [0.717, 1.165) is 22.7 Å². The predicted octanol–water partition coefficient (Wildman–Crippen LogP) is 3.07. The summed E-state index contributed by atoms with van der Waals surface area (Å²) < 4.78 is 31.4. The van der Waals surface area contributed by atoms with Crippen LogP contribution in [0.2, 0.25) is 0 Å². The van der Waals surface area contributed by atoms with Gasteiger partial charge in [-0.1, -0.05) is 0 Å². The second-order valence-corrected chi connectivity index (χ2v) is 10.3. The van der Waals surface area contributed by atoms with Crippen LogP contribution in [0.4, 0.5) is 0 Å². The number of hydrogen-bond acceptors (Lipinski definition) is 7. The van der Waals surface area contributed by atoms with E-state index in [4.69, 9.17) is 4.42 Å². The largest absolute Gasteiger partial charge is 0.420 e. The molecule has 0 bridgehead atoms. The summed E-state index contributed by atoms with van der Waals surface area (Å²) >= 11 is 1.56. The molecule has 2 aromatic heterocycles. The van der Waals surface area contributed by atoms with E-state index in [1.807, 2.05) is 16.8 Å². The molecule has 0 saturated carbocycles. The van der Waals surface area contributed by atoms with Gasteiger partial charge in [-0.25, -0.2) is 12.7 Å². The van der Waals surface area contributed by atoms with Gasteiger partial charge in [0.15, 0.2) is 0 Å². The van der Waals surface area contributed by atoms with E-state index in [9.17, 15) is 13.2 Å². The minimum Gasteiger partial charge on any atom is -0.420 e.